The molecule has 3 heterocycles. The summed E-state index contributed by atoms with van der Waals surface area (Å²) in [6.07, 6.45) is 7.12. The third-order valence-electron chi connectivity index (χ3n) is 4.49. The topological polar surface area (TPSA) is 86.9 Å². The summed E-state index contributed by atoms with van der Waals surface area (Å²) in [5.74, 6) is 0.539. The number of anilines is 1. The molecule has 0 radical (unpaired) electrons. The van der Waals surface area contributed by atoms with Crippen LogP contribution in [0.5, 0.6) is 0 Å². The van der Waals surface area contributed by atoms with Crippen molar-refractivity contribution < 1.29 is 4.21 Å². The van der Waals surface area contributed by atoms with Gasteiger partial charge in [0, 0.05) is 44.3 Å². The molecular formula is C15H24N6OS. The second kappa shape index (κ2) is 6.45. The van der Waals surface area contributed by atoms with Gasteiger partial charge >= 0.3 is 0 Å². The van der Waals surface area contributed by atoms with E-state index in [0.29, 0.717) is 5.92 Å². The van der Waals surface area contributed by atoms with Gasteiger partial charge < -0.3 is 5.32 Å². The highest BCUT2D eigenvalue weighted by Crippen LogP contribution is 2.24. The average Bonchev–Trinajstić information content (AvgIpc) is 2.96. The van der Waals surface area contributed by atoms with E-state index in [0.717, 1.165) is 55.7 Å². The highest BCUT2D eigenvalue weighted by molar-refractivity contribution is 7.89. The lowest BCUT2D eigenvalue weighted by molar-refractivity contribution is 0.291. The van der Waals surface area contributed by atoms with Crippen molar-refractivity contribution in [3.05, 3.63) is 18.5 Å². The lowest BCUT2D eigenvalue weighted by atomic mass is 9.98. The van der Waals surface area contributed by atoms with Crippen LogP contribution in [0, 0.1) is 10.7 Å². The monoisotopic (exact) mass is 336 g/mol. The molecule has 0 saturated carbocycles. The zero-order valence-electron chi connectivity index (χ0n) is 13.7. The maximum absolute atomic E-state index is 11.8. The molecule has 2 aromatic heterocycles. The van der Waals surface area contributed by atoms with Gasteiger partial charge in [0.05, 0.1) is 11.6 Å². The van der Waals surface area contributed by atoms with Crippen molar-refractivity contribution in [1.29, 1.82) is 4.78 Å². The molecule has 1 aliphatic heterocycles. The lowest BCUT2D eigenvalue weighted by Crippen LogP contribution is -2.38. The first-order valence-electron chi connectivity index (χ1n) is 8.02. The SMILES string of the molecule is CCn1ncc2c(NCC3CCN([S@](C)(=N)=O)CC3)ccnc21. The smallest absolute Gasteiger partial charge is 0.159 e. The molecule has 0 amide bonds. The molecule has 3 rings (SSSR count). The number of hydrogen-bond acceptors (Lipinski definition) is 5. The van der Waals surface area contributed by atoms with Crippen LogP contribution in [0.3, 0.4) is 0 Å². The Morgan fingerprint density at radius 2 is 2.17 bits per heavy atom. The summed E-state index contributed by atoms with van der Waals surface area (Å²) < 4.78 is 23.1. The Hall–Kier alpha value is -1.67. The van der Waals surface area contributed by atoms with Crippen molar-refractivity contribution in [1.82, 2.24) is 19.1 Å². The van der Waals surface area contributed by atoms with Gasteiger partial charge in [-0.05, 0) is 31.7 Å². The minimum absolute atomic E-state index is 0.539. The fourth-order valence-electron chi connectivity index (χ4n) is 3.08. The number of aryl methyl sites for hydroxylation is 1. The molecule has 1 saturated heterocycles. The first-order valence-corrected chi connectivity index (χ1v) is 9.94. The zero-order valence-corrected chi connectivity index (χ0v) is 14.5. The molecule has 7 nitrogen and oxygen atoms in total. The molecule has 1 fully saturated rings. The van der Waals surface area contributed by atoms with E-state index in [1.807, 2.05) is 23.1 Å². The van der Waals surface area contributed by atoms with Gasteiger partial charge in [-0.15, -0.1) is 0 Å². The highest BCUT2D eigenvalue weighted by Gasteiger charge is 2.23. The number of rotatable bonds is 5. The van der Waals surface area contributed by atoms with Crippen molar-refractivity contribution in [2.75, 3.05) is 31.2 Å². The predicted octanol–water partition coefficient (Wildman–Crippen LogP) is 2.17. The summed E-state index contributed by atoms with van der Waals surface area (Å²) in [6.45, 7) is 5.23. The third-order valence-corrected chi connectivity index (χ3v) is 5.84. The first kappa shape index (κ1) is 16.2. The fourth-order valence-corrected chi connectivity index (χ4v) is 3.99. The summed E-state index contributed by atoms with van der Waals surface area (Å²) in [7, 11) is -2.55. The van der Waals surface area contributed by atoms with Gasteiger partial charge in [-0.1, -0.05) is 0 Å². The van der Waals surface area contributed by atoms with Crippen molar-refractivity contribution in [3.63, 3.8) is 0 Å². The van der Waals surface area contributed by atoms with E-state index in [1.165, 1.54) is 6.26 Å². The van der Waals surface area contributed by atoms with Crippen LogP contribution in [-0.2, 0) is 16.5 Å². The van der Waals surface area contributed by atoms with Gasteiger partial charge in [0.1, 0.15) is 9.92 Å². The summed E-state index contributed by atoms with van der Waals surface area (Å²) in [5, 5.41) is 8.93. The molecule has 126 valence electrons. The molecule has 0 aromatic carbocycles. The van der Waals surface area contributed by atoms with Crippen molar-refractivity contribution in [3.8, 4) is 0 Å². The van der Waals surface area contributed by atoms with E-state index in [9.17, 15) is 4.21 Å². The molecule has 2 N–H and O–H groups in total. The van der Waals surface area contributed by atoms with Crippen LogP contribution in [0.15, 0.2) is 18.5 Å². The van der Waals surface area contributed by atoms with Crippen molar-refractivity contribution in [2.24, 2.45) is 5.92 Å². The van der Waals surface area contributed by atoms with Crippen LogP contribution >= 0.6 is 0 Å². The molecule has 8 heteroatoms. The van der Waals surface area contributed by atoms with Gasteiger partial charge in [0.2, 0.25) is 0 Å². The van der Waals surface area contributed by atoms with Crippen LogP contribution in [0.1, 0.15) is 19.8 Å². The number of piperidine rings is 1. The molecular weight excluding hydrogens is 312 g/mol. The predicted molar refractivity (Wildman–Crippen MR) is 92.8 cm³/mol. The standard InChI is InChI=1S/C15H24N6OS/c1-3-21-15-13(11-19-21)14(4-7-17-15)18-10-12-5-8-20(9-6-12)23(2,16)22/h4,7,11-12,16H,3,5-6,8-10H2,1-2H3,(H,17,18)/t23-/m0/s1. The largest absolute Gasteiger partial charge is 0.384 e. The fraction of sp³-hybridized carbons (Fsp3) is 0.600. The Morgan fingerprint density at radius 3 is 2.83 bits per heavy atom. The van der Waals surface area contributed by atoms with Gasteiger partial charge in [-0.2, -0.15) is 5.10 Å². The Morgan fingerprint density at radius 1 is 1.43 bits per heavy atom. The minimum Gasteiger partial charge on any atom is -0.384 e. The summed E-state index contributed by atoms with van der Waals surface area (Å²) >= 11 is 0. The molecule has 0 bridgehead atoms. The van der Waals surface area contributed by atoms with Crippen molar-refractivity contribution in [2.45, 2.75) is 26.3 Å². The summed E-state index contributed by atoms with van der Waals surface area (Å²) in [5.41, 5.74) is 1.98. The Kier molecular flexibility index (Phi) is 4.54. The van der Waals surface area contributed by atoms with Gasteiger partial charge in [0.15, 0.2) is 5.65 Å². The van der Waals surface area contributed by atoms with Gasteiger partial charge in [-0.25, -0.2) is 23.0 Å². The van der Waals surface area contributed by atoms with Gasteiger partial charge in [0.25, 0.3) is 0 Å². The van der Waals surface area contributed by atoms with E-state index in [-0.39, 0.29) is 0 Å². The van der Waals surface area contributed by atoms with E-state index in [4.69, 9.17) is 4.78 Å². The van der Waals surface area contributed by atoms with Crippen LogP contribution in [0.4, 0.5) is 5.69 Å². The number of aromatic nitrogens is 3. The normalized spacial score (nSPS) is 19.7. The third kappa shape index (κ3) is 3.48. The summed E-state index contributed by atoms with van der Waals surface area (Å²) in [4.78, 5) is 4.41. The molecule has 0 spiro atoms. The maximum Gasteiger partial charge on any atom is 0.159 e. The first-order chi connectivity index (χ1) is 11.0. The zero-order chi connectivity index (χ0) is 16.4. The Bertz CT molecular complexity index is 776. The highest BCUT2D eigenvalue weighted by atomic mass is 32.2. The number of nitrogens with zero attached hydrogens (tertiary/aromatic N) is 4. The number of nitrogens with one attached hydrogen (secondary N) is 2. The van der Waals surface area contributed by atoms with E-state index in [1.54, 1.807) is 4.31 Å². The van der Waals surface area contributed by atoms with Crippen LogP contribution in [-0.4, -0.2) is 49.2 Å². The maximum atomic E-state index is 11.8. The van der Waals surface area contributed by atoms with E-state index in [2.05, 4.69) is 22.3 Å². The molecule has 23 heavy (non-hydrogen) atoms. The minimum atomic E-state index is -2.55. The van der Waals surface area contributed by atoms with Crippen LogP contribution in [0.25, 0.3) is 11.0 Å². The average molecular weight is 336 g/mol. The van der Waals surface area contributed by atoms with Crippen molar-refractivity contribution >= 4 is 26.6 Å². The van der Waals surface area contributed by atoms with E-state index >= 15 is 0 Å². The molecule has 1 aliphatic rings. The van der Waals surface area contributed by atoms with Gasteiger partial charge in [-0.3, -0.25) is 0 Å². The second-order valence-electron chi connectivity index (χ2n) is 6.11. The van der Waals surface area contributed by atoms with Crippen LogP contribution < -0.4 is 5.32 Å². The lowest BCUT2D eigenvalue weighted by Gasteiger charge is -2.31. The Labute approximate surface area is 137 Å². The number of fused-ring (bicyclic) bond motifs is 1. The quantitative estimate of drug-likeness (QED) is 0.876. The Balaban J connectivity index is 1.63. The molecule has 0 unspecified atom stereocenters. The van der Waals surface area contributed by atoms with Crippen LogP contribution in [0.2, 0.25) is 0 Å². The molecule has 1 atom stereocenters. The molecule has 2 aromatic rings. The number of pyridine rings is 1. The second-order valence-corrected chi connectivity index (χ2v) is 8.23. The molecule has 0 aliphatic carbocycles. The number of hydrogen-bond donors (Lipinski definition) is 2. The van der Waals surface area contributed by atoms with E-state index < -0.39 is 9.92 Å². The summed E-state index contributed by atoms with van der Waals surface area (Å²) in [6, 6.07) is 1.99.